The third-order valence-electron chi connectivity index (χ3n) is 5.10. The van der Waals surface area contributed by atoms with Gasteiger partial charge in [0, 0.05) is 19.2 Å². The molecule has 1 aliphatic rings. The van der Waals surface area contributed by atoms with Crippen molar-refractivity contribution in [1.29, 1.82) is 0 Å². The van der Waals surface area contributed by atoms with E-state index < -0.39 is 29.1 Å². The number of ether oxygens (including phenoxy) is 4. The highest BCUT2D eigenvalue weighted by molar-refractivity contribution is 7.98. The summed E-state index contributed by atoms with van der Waals surface area (Å²) in [5, 5.41) is 15.4. The molecule has 0 saturated carbocycles. The van der Waals surface area contributed by atoms with Crippen LogP contribution in [-0.2, 0) is 25.5 Å². The molecule has 0 radical (unpaired) electrons. The maximum Gasteiger partial charge on any atom is 0.392 e. The lowest BCUT2D eigenvalue weighted by Crippen LogP contribution is -2.25. The molecule has 204 valence electrons. The number of nitrogens with zero attached hydrogens (tertiary/aromatic N) is 4. The smallest absolute Gasteiger partial charge is 0.392 e. The Morgan fingerprint density at radius 3 is 2.53 bits per heavy atom. The first-order valence-electron chi connectivity index (χ1n) is 12.0. The second kappa shape index (κ2) is 14.2. The van der Waals surface area contributed by atoms with Gasteiger partial charge in [-0.15, -0.1) is 0 Å². The number of thioether (sulfide) groups is 1. The Morgan fingerprint density at radius 2 is 1.87 bits per heavy atom. The number of benzene rings is 1. The number of nitro groups is 1. The summed E-state index contributed by atoms with van der Waals surface area (Å²) in [6.07, 6.45) is 4.45. The minimum absolute atomic E-state index is 0.132. The first-order valence-corrected chi connectivity index (χ1v) is 13.2. The fourth-order valence-electron chi connectivity index (χ4n) is 3.50. The van der Waals surface area contributed by atoms with E-state index in [1.54, 1.807) is 32.2 Å². The van der Waals surface area contributed by atoms with Crippen LogP contribution in [-0.4, -0.2) is 65.7 Å². The van der Waals surface area contributed by atoms with Crippen molar-refractivity contribution in [3.8, 4) is 17.5 Å². The van der Waals surface area contributed by atoms with Crippen LogP contribution in [0.4, 0.5) is 5.69 Å². The fraction of sp³-hybridized carbons (Fsp3) is 0.458. The van der Waals surface area contributed by atoms with Crippen LogP contribution < -0.4 is 14.8 Å². The summed E-state index contributed by atoms with van der Waals surface area (Å²) >= 11 is 1.12. The molecule has 0 saturated heterocycles. The Kier molecular flexibility index (Phi) is 10.8. The molecular weight excluding hydrogens is 518 g/mol. The van der Waals surface area contributed by atoms with Crippen LogP contribution in [0, 0.1) is 10.1 Å². The Hall–Kier alpha value is -3.78. The van der Waals surface area contributed by atoms with Crippen LogP contribution in [0.25, 0.3) is 0 Å². The molecule has 1 aromatic heterocycles. The second-order valence-electron chi connectivity index (χ2n) is 7.81. The highest BCUT2D eigenvalue weighted by Crippen LogP contribution is 2.38. The fourth-order valence-corrected chi connectivity index (χ4v) is 3.85. The van der Waals surface area contributed by atoms with Crippen LogP contribution in [0.2, 0.25) is 0 Å². The van der Waals surface area contributed by atoms with Crippen LogP contribution in [0.15, 0.2) is 28.3 Å². The van der Waals surface area contributed by atoms with Crippen LogP contribution in [0.3, 0.4) is 0 Å². The van der Waals surface area contributed by atoms with Gasteiger partial charge in [-0.2, -0.15) is 9.97 Å². The van der Waals surface area contributed by atoms with Gasteiger partial charge >= 0.3 is 29.4 Å². The molecule has 1 aromatic carbocycles. The van der Waals surface area contributed by atoms with Gasteiger partial charge in [0.05, 0.1) is 18.1 Å². The highest BCUT2D eigenvalue weighted by atomic mass is 32.2. The molecule has 0 fully saturated rings. The third-order valence-corrected chi connectivity index (χ3v) is 5.65. The van der Waals surface area contributed by atoms with Crippen molar-refractivity contribution in [1.82, 2.24) is 15.3 Å². The molecule has 0 bridgehead atoms. The van der Waals surface area contributed by atoms with Gasteiger partial charge in [-0.05, 0) is 56.2 Å². The number of esters is 2. The molecule has 1 atom stereocenters. The van der Waals surface area contributed by atoms with Crippen molar-refractivity contribution in [2.75, 3.05) is 32.6 Å². The first kappa shape index (κ1) is 28.8. The predicted molar refractivity (Wildman–Crippen MR) is 138 cm³/mol. The maximum absolute atomic E-state index is 12.0. The lowest BCUT2D eigenvalue weighted by Gasteiger charge is -2.20. The molecule has 14 heteroatoms. The molecule has 2 aromatic rings. The van der Waals surface area contributed by atoms with Gasteiger partial charge in [0.1, 0.15) is 11.9 Å². The predicted octanol–water partition coefficient (Wildman–Crippen LogP) is 3.40. The van der Waals surface area contributed by atoms with E-state index in [1.165, 1.54) is 0 Å². The number of hydrogen-bond acceptors (Lipinski definition) is 13. The van der Waals surface area contributed by atoms with E-state index in [1.807, 2.05) is 12.3 Å². The summed E-state index contributed by atoms with van der Waals surface area (Å²) in [6, 6.07) is 5.25. The van der Waals surface area contributed by atoms with Gasteiger partial charge in [-0.1, -0.05) is 17.8 Å². The monoisotopic (exact) mass is 547 g/mol. The number of carbonyl (C=O) groups excluding carboxylic acids is 2. The van der Waals surface area contributed by atoms with Crippen molar-refractivity contribution in [2.45, 2.75) is 44.4 Å². The minimum Gasteiger partial charge on any atom is -0.466 e. The van der Waals surface area contributed by atoms with Gasteiger partial charge in [0.25, 0.3) is 0 Å². The van der Waals surface area contributed by atoms with E-state index in [2.05, 4.69) is 20.3 Å². The topological polar surface area (TPSA) is 164 Å². The lowest BCUT2D eigenvalue weighted by atomic mass is 10.0. The normalized spacial score (nSPS) is 14.6. The van der Waals surface area contributed by atoms with E-state index >= 15 is 0 Å². The summed E-state index contributed by atoms with van der Waals surface area (Å²) in [6.45, 7) is 3.94. The SMILES string of the molecule is CCOC(=O)CCc1cc(Oc2nc(SC)nc(OCC(=O)OCC)c2[N+](=O)[O-])cc(C2N=CCCN2)c1. The summed E-state index contributed by atoms with van der Waals surface area (Å²) in [7, 11) is 0. The number of carbonyl (C=O) groups is 2. The average Bonchev–Trinajstić information content (AvgIpc) is 2.91. The van der Waals surface area contributed by atoms with Crippen LogP contribution >= 0.6 is 11.8 Å². The maximum atomic E-state index is 12.0. The highest BCUT2D eigenvalue weighted by Gasteiger charge is 2.29. The first-order chi connectivity index (χ1) is 18.3. The molecule has 1 N–H and O–H groups in total. The third kappa shape index (κ3) is 8.11. The molecule has 1 aliphatic heterocycles. The zero-order valence-electron chi connectivity index (χ0n) is 21.3. The van der Waals surface area contributed by atoms with Crippen molar-refractivity contribution in [3.05, 3.63) is 39.4 Å². The number of aromatic nitrogens is 2. The van der Waals surface area contributed by atoms with Crippen molar-refractivity contribution in [3.63, 3.8) is 0 Å². The van der Waals surface area contributed by atoms with Crippen molar-refractivity contribution >= 4 is 35.6 Å². The van der Waals surface area contributed by atoms with E-state index in [0.717, 1.165) is 35.9 Å². The van der Waals surface area contributed by atoms with E-state index in [9.17, 15) is 19.7 Å². The second-order valence-corrected chi connectivity index (χ2v) is 8.59. The Labute approximate surface area is 223 Å². The van der Waals surface area contributed by atoms with E-state index in [-0.39, 0.29) is 48.6 Å². The van der Waals surface area contributed by atoms with E-state index in [0.29, 0.717) is 6.42 Å². The lowest BCUT2D eigenvalue weighted by molar-refractivity contribution is -0.387. The van der Waals surface area contributed by atoms with Gasteiger partial charge in [-0.3, -0.25) is 25.2 Å². The molecule has 0 amide bonds. The Morgan fingerprint density at radius 1 is 1.13 bits per heavy atom. The average molecular weight is 548 g/mol. The molecule has 1 unspecified atom stereocenters. The number of hydrogen-bond donors (Lipinski definition) is 1. The number of rotatable bonds is 13. The molecule has 38 heavy (non-hydrogen) atoms. The van der Waals surface area contributed by atoms with Gasteiger partial charge in [0.2, 0.25) is 0 Å². The molecule has 2 heterocycles. The van der Waals surface area contributed by atoms with Gasteiger partial charge < -0.3 is 18.9 Å². The quantitative estimate of drug-likeness (QED) is 0.128. The van der Waals surface area contributed by atoms with Crippen molar-refractivity contribution < 1.29 is 33.5 Å². The molecule has 13 nitrogen and oxygen atoms in total. The molecule has 3 rings (SSSR count). The zero-order chi connectivity index (χ0) is 27.5. The van der Waals surface area contributed by atoms with Crippen LogP contribution in [0.5, 0.6) is 17.5 Å². The molecule has 0 spiro atoms. The number of aryl methyl sites for hydroxylation is 1. The summed E-state index contributed by atoms with van der Waals surface area (Å²) < 4.78 is 21.1. The van der Waals surface area contributed by atoms with E-state index in [4.69, 9.17) is 18.9 Å². The summed E-state index contributed by atoms with van der Waals surface area (Å²) in [5.74, 6) is -1.58. The van der Waals surface area contributed by atoms with Crippen LogP contribution in [0.1, 0.15) is 44.0 Å². The van der Waals surface area contributed by atoms with Crippen molar-refractivity contribution in [2.24, 2.45) is 4.99 Å². The Bertz CT molecular complexity index is 1190. The largest absolute Gasteiger partial charge is 0.466 e. The van der Waals surface area contributed by atoms with Gasteiger partial charge in [0.15, 0.2) is 11.8 Å². The minimum atomic E-state index is -0.738. The number of nitrogens with one attached hydrogen (secondary N) is 1. The number of aliphatic imine (C=N–C) groups is 1. The standard InChI is InChI=1S/C24H29N5O8S/c1-4-34-18(30)8-7-15-11-16(21-25-9-6-10-26-21)13-17(12-15)37-23-20(29(32)33)22(27-24(28-23)38-3)36-14-19(31)35-5-2/h9,11-13,21,26H,4-8,10,14H2,1-3H3. The molecular formula is C24H29N5O8S. The summed E-state index contributed by atoms with van der Waals surface area (Å²) in [5.41, 5.74) is 0.853. The Balaban J connectivity index is 1.99. The molecule has 0 aliphatic carbocycles. The zero-order valence-corrected chi connectivity index (χ0v) is 22.1. The van der Waals surface area contributed by atoms with Gasteiger partial charge in [-0.25, -0.2) is 4.79 Å². The summed E-state index contributed by atoms with van der Waals surface area (Å²) in [4.78, 5) is 47.6.